The Morgan fingerprint density at radius 3 is 2.22 bits per heavy atom. The summed E-state index contributed by atoms with van der Waals surface area (Å²) in [5, 5.41) is 0. The molecule has 1 amide bonds. The van der Waals surface area contributed by atoms with E-state index in [2.05, 4.69) is 16.5 Å². The minimum absolute atomic E-state index is 0.0690. The number of hydrogen-bond donors (Lipinski definition) is 0. The van der Waals surface area contributed by atoms with Gasteiger partial charge in [0.15, 0.2) is 0 Å². The van der Waals surface area contributed by atoms with Crippen molar-refractivity contribution >= 4 is 11.9 Å². The predicted octanol–water partition coefficient (Wildman–Crippen LogP) is 4.12. The Morgan fingerprint density at radius 2 is 1.59 bits per heavy atom. The zero-order valence-corrected chi connectivity index (χ0v) is 18.4. The van der Waals surface area contributed by atoms with E-state index in [9.17, 15) is 9.59 Å². The summed E-state index contributed by atoms with van der Waals surface area (Å²) in [7, 11) is 4.75. The van der Waals surface area contributed by atoms with Gasteiger partial charge in [-0.15, -0.1) is 0 Å². The minimum atomic E-state index is -0.500. The van der Waals surface area contributed by atoms with Gasteiger partial charge in [0.25, 0.3) is 5.91 Å². The number of fused-ring (bicyclic) bond motifs is 2. The quantitative estimate of drug-likeness (QED) is 0.458. The van der Waals surface area contributed by atoms with Crippen LogP contribution < -0.4 is 4.74 Å². The highest BCUT2D eigenvalue weighted by Crippen LogP contribution is 2.46. The molecule has 0 saturated heterocycles. The lowest BCUT2D eigenvalue weighted by molar-refractivity contribution is -0.136. The van der Waals surface area contributed by atoms with Gasteiger partial charge in [-0.25, -0.2) is 14.8 Å². The van der Waals surface area contributed by atoms with Crippen LogP contribution in [-0.2, 0) is 9.53 Å². The number of carbonyl (C=O) groups is 2. The van der Waals surface area contributed by atoms with Crippen LogP contribution in [0.5, 0.6) is 11.8 Å². The summed E-state index contributed by atoms with van der Waals surface area (Å²) in [6, 6.07) is 14.7. The number of benzene rings is 1. The summed E-state index contributed by atoms with van der Waals surface area (Å²) < 4.78 is 10.9. The number of nitrogens with zero attached hydrogens (tertiary/aromatic N) is 3. The molecule has 0 fully saturated rings. The lowest BCUT2D eigenvalue weighted by Gasteiger charge is -2.27. The van der Waals surface area contributed by atoms with E-state index >= 15 is 0 Å². The van der Waals surface area contributed by atoms with E-state index in [1.54, 1.807) is 26.2 Å². The molecule has 1 atom stereocenters. The van der Waals surface area contributed by atoms with Crippen molar-refractivity contribution in [3.05, 3.63) is 83.1 Å². The predicted molar refractivity (Wildman–Crippen MR) is 120 cm³/mol. The molecule has 0 aliphatic carbocycles. The van der Waals surface area contributed by atoms with E-state index in [4.69, 9.17) is 9.47 Å². The fourth-order valence-corrected chi connectivity index (χ4v) is 3.68. The van der Waals surface area contributed by atoms with Gasteiger partial charge < -0.3 is 14.4 Å². The van der Waals surface area contributed by atoms with Gasteiger partial charge in [0.2, 0.25) is 11.8 Å². The molecule has 7 nitrogen and oxygen atoms in total. The second-order valence-corrected chi connectivity index (χ2v) is 7.77. The molecule has 162 valence electrons. The minimum Gasteiger partial charge on any atom is -0.466 e. The molecule has 1 unspecified atom stereocenters. The van der Waals surface area contributed by atoms with Crippen LogP contribution in [0.15, 0.2) is 60.7 Å². The monoisotopic (exact) mass is 429 g/mol. The lowest BCUT2D eigenvalue weighted by atomic mass is 9.84. The maximum Gasteiger partial charge on any atom is 0.334 e. The Labute approximate surface area is 186 Å². The van der Waals surface area contributed by atoms with Crippen molar-refractivity contribution < 1.29 is 19.1 Å². The number of methoxy groups -OCH3 is 1. The van der Waals surface area contributed by atoms with E-state index in [1.165, 1.54) is 12.0 Å². The van der Waals surface area contributed by atoms with E-state index < -0.39 is 11.9 Å². The van der Waals surface area contributed by atoms with E-state index in [0.717, 1.165) is 16.8 Å². The fourth-order valence-electron chi connectivity index (χ4n) is 3.68. The molecule has 4 rings (SSSR count). The first-order chi connectivity index (χ1) is 15.3. The average molecular weight is 429 g/mol. The van der Waals surface area contributed by atoms with Gasteiger partial charge in [-0.2, -0.15) is 0 Å². The average Bonchev–Trinajstić information content (AvgIpc) is 2.80. The molecule has 0 spiro atoms. The van der Waals surface area contributed by atoms with Gasteiger partial charge in [-0.3, -0.25) is 4.79 Å². The molecule has 0 bridgehead atoms. The number of carbonyl (C=O) groups excluding carboxylic acids is 2. The van der Waals surface area contributed by atoms with Gasteiger partial charge in [0.1, 0.15) is 0 Å². The van der Waals surface area contributed by atoms with Gasteiger partial charge in [-0.1, -0.05) is 30.8 Å². The highest BCUT2D eigenvalue weighted by Gasteiger charge is 2.34. The van der Waals surface area contributed by atoms with Crippen LogP contribution >= 0.6 is 0 Å². The van der Waals surface area contributed by atoms with Crippen LogP contribution in [0.2, 0.25) is 0 Å². The van der Waals surface area contributed by atoms with Crippen LogP contribution in [0, 0.1) is 6.92 Å². The number of pyridine rings is 2. The SMILES string of the molecule is C=C(C(=O)OC)C1c2ccc(C)nc2Oc2nc(-c3ccc(C(=O)N(C)C)cc3)ccc21. The van der Waals surface area contributed by atoms with Crippen LogP contribution in [0.25, 0.3) is 11.3 Å². The normalized spacial score (nSPS) is 13.9. The summed E-state index contributed by atoms with van der Waals surface area (Å²) in [6.45, 7) is 5.83. The molecule has 1 aliphatic rings. The summed E-state index contributed by atoms with van der Waals surface area (Å²) in [4.78, 5) is 35.1. The molecule has 0 N–H and O–H groups in total. The fraction of sp³-hybridized carbons (Fsp3) is 0.200. The molecular weight excluding hydrogens is 406 g/mol. The number of aromatic nitrogens is 2. The van der Waals surface area contributed by atoms with Gasteiger partial charge in [0.05, 0.1) is 18.7 Å². The standard InChI is InChI=1S/C25H23N3O4/c1-14-6-11-18-21(15(2)25(30)31-5)19-12-13-20(27-23(19)32-22(18)26-14)16-7-9-17(10-8-16)24(29)28(3)4/h6-13,21H,2H2,1,3-5H3. The molecule has 3 aromatic rings. The Bertz CT molecular complexity index is 1230. The van der Waals surface area contributed by atoms with Crippen LogP contribution in [0.4, 0.5) is 0 Å². The highest BCUT2D eigenvalue weighted by molar-refractivity contribution is 5.94. The van der Waals surface area contributed by atoms with Crippen LogP contribution in [0.1, 0.15) is 33.1 Å². The van der Waals surface area contributed by atoms with Crippen LogP contribution in [0.3, 0.4) is 0 Å². The third kappa shape index (κ3) is 3.73. The summed E-state index contributed by atoms with van der Waals surface area (Å²) in [5.41, 5.74) is 4.61. The second-order valence-electron chi connectivity index (χ2n) is 7.77. The third-order valence-corrected chi connectivity index (χ3v) is 5.36. The Balaban J connectivity index is 1.76. The lowest BCUT2D eigenvalue weighted by Crippen LogP contribution is -2.21. The molecule has 7 heteroatoms. The number of hydrogen-bond acceptors (Lipinski definition) is 6. The van der Waals surface area contributed by atoms with Crippen LogP contribution in [-0.4, -0.2) is 47.9 Å². The van der Waals surface area contributed by atoms with Gasteiger partial charge in [0, 0.05) is 47.6 Å². The van der Waals surface area contributed by atoms with Crippen molar-refractivity contribution in [2.75, 3.05) is 21.2 Å². The number of rotatable bonds is 4. The Morgan fingerprint density at radius 1 is 0.969 bits per heavy atom. The number of amides is 1. The highest BCUT2D eigenvalue weighted by atomic mass is 16.5. The molecular formula is C25H23N3O4. The summed E-state index contributed by atoms with van der Waals surface area (Å²) in [6.07, 6.45) is 0. The molecule has 2 aromatic heterocycles. The number of aryl methyl sites for hydroxylation is 1. The topological polar surface area (TPSA) is 81.6 Å². The Kier molecular flexibility index (Phi) is 5.48. The maximum atomic E-state index is 12.3. The summed E-state index contributed by atoms with van der Waals surface area (Å²) >= 11 is 0. The number of esters is 1. The zero-order chi connectivity index (χ0) is 23.0. The molecule has 1 aromatic carbocycles. The maximum absolute atomic E-state index is 12.3. The second kappa shape index (κ2) is 8.26. The number of ether oxygens (including phenoxy) is 2. The molecule has 1 aliphatic heterocycles. The first kappa shape index (κ1) is 21.2. The van der Waals surface area contributed by atoms with Crippen molar-refractivity contribution in [1.82, 2.24) is 14.9 Å². The van der Waals surface area contributed by atoms with Crippen molar-refractivity contribution in [2.45, 2.75) is 12.8 Å². The van der Waals surface area contributed by atoms with E-state index in [1.807, 2.05) is 43.3 Å². The summed E-state index contributed by atoms with van der Waals surface area (Å²) in [5.74, 6) is -0.295. The van der Waals surface area contributed by atoms with Gasteiger partial charge in [-0.05, 0) is 31.2 Å². The smallest absolute Gasteiger partial charge is 0.334 e. The Hall–Kier alpha value is -4.00. The van der Waals surface area contributed by atoms with E-state index in [-0.39, 0.29) is 11.5 Å². The molecule has 3 heterocycles. The zero-order valence-electron chi connectivity index (χ0n) is 18.4. The van der Waals surface area contributed by atoms with Crippen molar-refractivity contribution in [3.63, 3.8) is 0 Å². The molecule has 0 saturated carbocycles. The largest absolute Gasteiger partial charge is 0.466 e. The first-order valence-electron chi connectivity index (χ1n) is 10.1. The first-order valence-corrected chi connectivity index (χ1v) is 10.1. The van der Waals surface area contributed by atoms with Crippen molar-refractivity contribution in [1.29, 1.82) is 0 Å². The molecule has 0 radical (unpaired) electrons. The van der Waals surface area contributed by atoms with Crippen molar-refractivity contribution in [2.24, 2.45) is 0 Å². The van der Waals surface area contributed by atoms with Crippen molar-refractivity contribution in [3.8, 4) is 23.0 Å². The third-order valence-electron chi connectivity index (χ3n) is 5.36. The van der Waals surface area contributed by atoms with E-state index in [0.29, 0.717) is 28.6 Å². The van der Waals surface area contributed by atoms with Gasteiger partial charge >= 0.3 is 5.97 Å². The molecule has 32 heavy (non-hydrogen) atoms.